The summed E-state index contributed by atoms with van der Waals surface area (Å²) in [5.74, 6) is -0.779. The topological polar surface area (TPSA) is 104 Å². The largest absolute Gasteiger partial charge is 0.369 e. The molecule has 0 spiro atoms. The van der Waals surface area contributed by atoms with Crippen LogP contribution >= 0.6 is 0 Å². The van der Waals surface area contributed by atoms with Crippen LogP contribution in [-0.4, -0.2) is 55.7 Å². The molecule has 1 atom stereocenters. The van der Waals surface area contributed by atoms with Crippen molar-refractivity contribution < 1.29 is 19.5 Å². The van der Waals surface area contributed by atoms with Crippen LogP contribution in [-0.2, 0) is 0 Å². The maximum Gasteiger partial charge on any atom is 0.262 e. The minimum absolute atomic E-state index is 0.213. The minimum atomic E-state index is -1.04. The summed E-state index contributed by atoms with van der Waals surface area (Å²) < 4.78 is 0. The lowest BCUT2D eigenvalue weighted by molar-refractivity contribution is 0.00415. The number of nitrogens with zero attached hydrogens (tertiary/aromatic N) is 4. The molecule has 0 saturated heterocycles. The summed E-state index contributed by atoms with van der Waals surface area (Å²) in [4.78, 5) is 53.8. The Balaban J connectivity index is 1.27. The highest BCUT2D eigenvalue weighted by Gasteiger charge is 2.37. The zero-order valence-electron chi connectivity index (χ0n) is 26.9. The van der Waals surface area contributed by atoms with E-state index in [9.17, 15) is 19.5 Å². The van der Waals surface area contributed by atoms with Crippen molar-refractivity contribution in [3.8, 4) is 0 Å². The standard InChI is InChI=1S/C38H42N4O4/c1-3-5-7-9-11-13-19-41-35(43)25-17-15-23-31-29(25)27(37(41)45)21-39-33(31)24-16-18-26-30-28(22-40-34(23)32(24)30)38(46)42(36(26)44)20-14-12-10-8-6-4-2/h15-18,21-22,35,43H,3-14,19-20H2,1-2H3. The predicted octanol–water partition coefficient (Wildman–Crippen LogP) is 8.29. The third kappa shape index (κ3) is 4.80. The molecule has 0 fully saturated rings. The van der Waals surface area contributed by atoms with Gasteiger partial charge in [0.25, 0.3) is 17.7 Å². The van der Waals surface area contributed by atoms with E-state index in [4.69, 9.17) is 9.97 Å². The number of imide groups is 1. The molecule has 1 unspecified atom stereocenters. The Labute approximate surface area is 269 Å². The van der Waals surface area contributed by atoms with Crippen molar-refractivity contribution in [1.29, 1.82) is 0 Å². The van der Waals surface area contributed by atoms with Gasteiger partial charge in [-0.15, -0.1) is 0 Å². The van der Waals surface area contributed by atoms with Crippen molar-refractivity contribution in [2.45, 2.75) is 97.1 Å². The van der Waals surface area contributed by atoms with Crippen LogP contribution < -0.4 is 0 Å². The van der Waals surface area contributed by atoms with E-state index in [0.717, 1.165) is 60.1 Å². The Morgan fingerprint density at radius 2 is 1.11 bits per heavy atom. The van der Waals surface area contributed by atoms with E-state index < -0.39 is 6.23 Å². The van der Waals surface area contributed by atoms with Crippen LogP contribution in [0, 0.1) is 0 Å². The molecule has 7 rings (SSSR count). The first-order valence-electron chi connectivity index (χ1n) is 17.2. The van der Waals surface area contributed by atoms with Crippen LogP contribution in [0.1, 0.15) is 134 Å². The lowest BCUT2D eigenvalue weighted by Crippen LogP contribution is -2.41. The number of hydrogen-bond acceptors (Lipinski definition) is 6. The fourth-order valence-electron chi connectivity index (χ4n) is 7.68. The van der Waals surface area contributed by atoms with Crippen LogP contribution in [0.15, 0.2) is 36.7 Å². The number of fused-ring (bicyclic) bond motifs is 2. The molecule has 4 heterocycles. The molecule has 3 aromatic carbocycles. The number of aromatic nitrogens is 2. The molecule has 238 valence electrons. The highest BCUT2D eigenvalue weighted by molar-refractivity contribution is 6.37. The van der Waals surface area contributed by atoms with Crippen LogP contribution in [0.25, 0.3) is 43.4 Å². The van der Waals surface area contributed by atoms with Gasteiger partial charge in [-0.3, -0.25) is 29.3 Å². The fourth-order valence-corrected chi connectivity index (χ4v) is 7.68. The Hall–Kier alpha value is -4.17. The van der Waals surface area contributed by atoms with Gasteiger partial charge in [-0.25, -0.2) is 0 Å². The van der Waals surface area contributed by atoms with Crippen molar-refractivity contribution in [2.24, 2.45) is 0 Å². The van der Waals surface area contributed by atoms with E-state index in [1.54, 1.807) is 23.4 Å². The number of rotatable bonds is 14. The monoisotopic (exact) mass is 618 g/mol. The third-order valence-corrected chi connectivity index (χ3v) is 10.1. The highest BCUT2D eigenvalue weighted by atomic mass is 16.3. The van der Waals surface area contributed by atoms with Crippen molar-refractivity contribution >= 4 is 61.1 Å². The van der Waals surface area contributed by atoms with Gasteiger partial charge in [0.2, 0.25) is 0 Å². The lowest BCUT2D eigenvalue weighted by atomic mass is 9.86. The molecule has 0 saturated carbocycles. The number of amides is 3. The number of carbonyl (C=O) groups is 3. The SMILES string of the molecule is CCCCCCCCN1C(=O)c2ccc3c4ncc5c6c(ccc(c7ncc(c2c37)C1=O)c64)C(O)N(CCCCCCCC)C5=O. The number of carbonyl (C=O) groups excluding carboxylic acids is 3. The summed E-state index contributed by atoms with van der Waals surface area (Å²) in [5, 5.41) is 15.9. The first-order chi connectivity index (χ1) is 22.5. The van der Waals surface area contributed by atoms with Crippen LogP contribution in [0.5, 0.6) is 0 Å². The van der Waals surface area contributed by atoms with Crippen LogP contribution in [0.4, 0.5) is 0 Å². The Morgan fingerprint density at radius 1 is 0.587 bits per heavy atom. The molecule has 2 aliphatic heterocycles. The van der Waals surface area contributed by atoms with Crippen LogP contribution in [0.3, 0.4) is 0 Å². The van der Waals surface area contributed by atoms with Gasteiger partial charge in [-0.2, -0.15) is 0 Å². The van der Waals surface area contributed by atoms with Crippen LogP contribution in [0.2, 0.25) is 0 Å². The molecule has 8 heteroatoms. The van der Waals surface area contributed by atoms with Gasteiger partial charge >= 0.3 is 0 Å². The van der Waals surface area contributed by atoms with E-state index in [1.165, 1.54) is 43.4 Å². The van der Waals surface area contributed by atoms with E-state index in [1.807, 2.05) is 18.2 Å². The van der Waals surface area contributed by atoms with Gasteiger partial charge in [0.1, 0.15) is 0 Å². The quantitative estimate of drug-likeness (QED) is 0.0581. The second-order valence-corrected chi connectivity index (χ2v) is 13.1. The molecular formula is C38H42N4O4. The molecule has 0 radical (unpaired) electrons. The van der Waals surface area contributed by atoms with Crippen molar-refractivity contribution in [3.05, 3.63) is 58.9 Å². The van der Waals surface area contributed by atoms with Gasteiger partial charge in [-0.1, -0.05) is 96.3 Å². The van der Waals surface area contributed by atoms with Gasteiger partial charge in [-0.05, 0) is 18.9 Å². The van der Waals surface area contributed by atoms with E-state index in [2.05, 4.69) is 13.8 Å². The molecule has 0 bridgehead atoms. The molecule has 8 nitrogen and oxygen atoms in total. The number of unbranched alkanes of at least 4 members (excludes halogenated alkanes) is 10. The Kier molecular flexibility index (Phi) is 8.32. The van der Waals surface area contributed by atoms with Gasteiger partial charge in [0, 0.05) is 68.9 Å². The molecule has 5 aromatic rings. The summed E-state index contributed by atoms with van der Waals surface area (Å²) in [6.45, 7) is 5.27. The minimum Gasteiger partial charge on any atom is -0.369 e. The van der Waals surface area contributed by atoms with Crippen molar-refractivity contribution in [3.63, 3.8) is 0 Å². The zero-order chi connectivity index (χ0) is 31.9. The molecule has 2 aromatic heterocycles. The van der Waals surface area contributed by atoms with E-state index in [-0.39, 0.29) is 17.7 Å². The summed E-state index contributed by atoms with van der Waals surface area (Å²) in [6.07, 6.45) is 15.2. The van der Waals surface area contributed by atoms with Crippen molar-refractivity contribution in [1.82, 2.24) is 19.8 Å². The molecular weight excluding hydrogens is 576 g/mol. The lowest BCUT2D eigenvalue weighted by Gasteiger charge is -2.34. The molecule has 2 aliphatic rings. The smallest absolute Gasteiger partial charge is 0.262 e. The van der Waals surface area contributed by atoms with E-state index in [0.29, 0.717) is 57.1 Å². The first-order valence-corrected chi connectivity index (χ1v) is 17.2. The van der Waals surface area contributed by atoms with E-state index >= 15 is 0 Å². The molecule has 0 aliphatic carbocycles. The predicted molar refractivity (Wildman–Crippen MR) is 181 cm³/mol. The van der Waals surface area contributed by atoms with Crippen molar-refractivity contribution in [2.75, 3.05) is 13.1 Å². The highest BCUT2D eigenvalue weighted by Crippen LogP contribution is 2.46. The summed E-state index contributed by atoms with van der Waals surface area (Å²) in [6, 6.07) is 7.52. The number of aliphatic hydroxyl groups excluding tert-OH is 1. The fraction of sp³-hybridized carbons (Fsp3) is 0.447. The first kappa shape index (κ1) is 30.5. The summed E-state index contributed by atoms with van der Waals surface area (Å²) in [5.41, 5.74) is 3.45. The summed E-state index contributed by atoms with van der Waals surface area (Å²) in [7, 11) is 0. The van der Waals surface area contributed by atoms with Gasteiger partial charge in [0.15, 0.2) is 6.23 Å². The number of pyridine rings is 2. The number of benzene rings is 3. The van der Waals surface area contributed by atoms with Gasteiger partial charge in [0.05, 0.1) is 22.2 Å². The summed E-state index contributed by atoms with van der Waals surface area (Å²) >= 11 is 0. The average Bonchev–Trinajstić information content (AvgIpc) is 3.07. The second-order valence-electron chi connectivity index (χ2n) is 13.1. The second kappa shape index (κ2) is 12.6. The Morgan fingerprint density at radius 3 is 1.76 bits per heavy atom. The zero-order valence-corrected chi connectivity index (χ0v) is 26.9. The number of hydrogen-bond donors (Lipinski definition) is 1. The number of aliphatic hydroxyl groups is 1. The molecule has 46 heavy (non-hydrogen) atoms. The average molecular weight is 619 g/mol. The maximum absolute atomic E-state index is 13.8. The normalized spacial score (nSPS) is 16.3. The maximum atomic E-state index is 13.8. The molecule has 1 N–H and O–H groups in total. The molecule has 3 amide bonds. The Bertz CT molecular complexity index is 1920. The third-order valence-electron chi connectivity index (χ3n) is 10.1. The van der Waals surface area contributed by atoms with Gasteiger partial charge < -0.3 is 10.0 Å².